The molecule has 0 aliphatic carbocycles. The quantitative estimate of drug-likeness (QED) is 0.752. The Morgan fingerprint density at radius 2 is 2.04 bits per heavy atom. The molecule has 1 aromatic carbocycles. The van der Waals surface area contributed by atoms with E-state index in [4.69, 9.17) is 9.72 Å². The number of ether oxygens (including phenoxy) is 1. The number of nitrogens with one attached hydrogen (secondary N) is 1. The average molecular weight is 376 g/mol. The van der Waals surface area contributed by atoms with Gasteiger partial charge in [-0.1, -0.05) is 6.07 Å². The lowest BCUT2D eigenvalue weighted by molar-refractivity contribution is 0.0705. The van der Waals surface area contributed by atoms with E-state index >= 15 is 0 Å². The number of methoxy groups -OCH3 is 1. The third kappa shape index (κ3) is 3.63. The molecule has 1 N–H and O–H groups in total. The predicted octanol–water partition coefficient (Wildman–Crippen LogP) is 3.81. The molecule has 1 saturated heterocycles. The van der Waals surface area contributed by atoms with Crippen molar-refractivity contribution in [2.45, 2.75) is 25.7 Å². The zero-order valence-electron chi connectivity index (χ0n) is 16.2. The van der Waals surface area contributed by atoms with Crippen molar-refractivity contribution in [3.8, 4) is 17.0 Å². The van der Waals surface area contributed by atoms with E-state index < -0.39 is 0 Å². The molecule has 0 unspecified atom stereocenters. The number of pyridine rings is 1. The molecular weight excluding hydrogens is 352 g/mol. The van der Waals surface area contributed by atoms with Gasteiger partial charge in [0.25, 0.3) is 5.91 Å². The summed E-state index contributed by atoms with van der Waals surface area (Å²) in [5.41, 5.74) is 4.50. The van der Waals surface area contributed by atoms with E-state index in [1.54, 1.807) is 13.3 Å². The van der Waals surface area contributed by atoms with Crippen molar-refractivity contribution in [2.24, 2.45) is 0 Å². The number of nitrogens with zero attached hydrogens (tertiary/aromatic N) is 3. The third-order valence-electron chi connectivity index (χ3n) is 5.34. The summed E-state index contributed by atoms with van der Waals surface area (Å²) < 4.78 is 5.23. The number of H-pyrrole nitrogens is 1. The van der Waals surface area contributed by atoms with Crippen LogP contribution in [-0.4, -0.2) is 46.2 Å². The van der Waals surface area contributed by atoms with Crippen LogP contribution in [0.25, 0.3) is 11.3 Å². The summed E-state index contributed by atoms with van der Waals surface area (Å²) in [5, 5.41) is 6.83. The van der Waals surface area contributed by atoms with Crippen LogP contribution in [0.3, 0.4) is 0 Å². The topological polar surface area (TPSA) is 71.1 Å². The second kappa shape index (κ2) is 7.84. The monoisotopic (exact) mass is 376 g/mol. The summed E-state index contributed by atoms with van der Waals surface area (Å²) in [6.45, 7) is 3.34. The Morgan fingerprint density at radius 1 is 1.21 bits per heavy atom. The fourth-order valence-electron chi connectivity index (χ4n) is 3.74. The van der Waals surface area contributed by atoms with Crippen LogP contribution in [-0.2, 0) is 0 Å². The summed E-state index contributed by atoms with van der Waals surface area (Å²) in [7, 11) is 1.66. The Kier molecular flexibility index (Phi) is 5.10. The lowest BCUT2D eigenvalue weighted by Crippen LogP contribution is -2.39. The molecule has 4 rings (SSSR count). The van der Waals surface area contributed by atoms with Crippen molar-refractivity contribution in [1.82, 2.24) is 20.1 Å². The van der Waals surface area contributed by atoms with Crippen LogP contribution >= 0.6 is 0 Å². The Balaban J connectivity index is 1.53. The highest BCUT2D eigenvalue weighted by Crippen LogP contribution is 2.29. The first kappa shape index (κ1) is 18.2. The van der Waals surface area contributed by atoms with Gasteiger partial charge in [0.2, 0.25) is 0 Å². The number of aryl methyl sites for hydroxylation is 1. The zero-order valence-corrected chi connectivity index (χ0v) is 16.2. The summed E-state index contributed by atoms with van der Waals surface area (Å²) in [6, 6.07) is 14.0. The Morgan fingerprint density at radius 3 is 2.75 bits per heavy atom. The van der Waals surface area contributed by atoms with Crippen LogP contribution in [0.15, 0.2) is 48.7 Å². The molecule has 3 heterocycles. The zero-order chi connectivity index (χ0) is 19.5. The predicted molar refractivity (Wildman–Crippen MR) is 107 cm³/mol. The second-order valence-corrected chi connectivity index (χ2v) is 7.18. The van der Waals surface area contributed by atoms with Gasteiger partial charge in [0.15, 0.2) is 0 Å². The van der Waals surface area contributed by atoms with Crippen LogP contribution in [0.5, 0.6) is 5.75 Å². The van der Waals surface area contributed by atoms with E-state index in [0.717, 1.165) is 47.8 Å². The number of likely N-dealkylation sites (tertiary alicyclic amines) is 1. The minimum atomic E-state index is 0.0438. The van der Waals surface area contributed by atoms with Crippen molar-refractivity contribution in [1.29, 1.82) is 0 Å². The van der Waals surface area contributed by atoms with Gasteiger partial charge in [0, 0.05) is 36.0 Å². The van der Waals surface area contributed by atoms with Gasteiger partial charge in [-0.3, -0.25) is 14.9 Å². The van der Waals surface area contributed by atoms with Crippen molar-refractivity contribution in [3.05, 3.63) is 65.6 Å². The fraction of sp³-hybridized carbons (Fsp3) is 0.318. The summed E-state index contributed by atoms with van der Waals surface area (Å²) in [4.78, 5) is 19.7. The van der Waals surface area contributed by atoms with E-state index in [-0.39, 0.29) is 11.8 Å². The largest absolute Gasteiger partial charge is 0.497 e. The minimum Gasteiger partial charge on any atom is -0.497 e. The smallest absolute Gasteiger partial charge is 0.257 e. The molecule has 0 spiro atoms. The number of rotatable bonds is 4. The van der Waals surface area contributed by atoms with Crippen molar-refractivity contribution >= 4 is 5.91 Å². The van der Waals surface area contributed by atoms with Gasteiger partial charge in [0.05, 0.1) is 24.6 Å². The Bertz CT molecular complexity index is 965. The van der Waals surface area contributed by atoms with Crippen LogP contribution in [0.4, 0.5) is 0 Å². The van der Waals surface area contributed by atoms with Gasteiger partial charge >= 0.3 is 0 Å². The lowest BCUT2D eigenvalue weighted by atomic mass is 9.93. The molecule has 1 aliphatic heterocycles. The van der Waals surface area contributed by atoms with Crippen molar-refractivity contribution in [3.63, 3.8) is 0 Å². The highest BCUT2D eigenvalue weighted by atomic mass is 16.5. The van der Waals surface area contributed by atoms with E-state index in [2.05, 4.69) is 16.3 Å². The number of aromatic nitrogens is 3. The molecular formula is C22H24N4O2. The molecule has 1 aliphatic rings. The molecule has 3 aromatic rings. The Labute approximate surface area is 164 Å². The molecule has 28 heavy (non-hydrogen) atoms. The number of hydrogen-bond donors (Lipinski definition) is 1. The number of carbonyl (C=O) groups is 1. The van der Waals surface area contributed by atoms with Gasteiger partial charge in [-0.2, -0.15) is 5.10 Å². The molecule has 1 amide bonds. The molecule has 6 heteroatoms. The van der Waals surface area contributed by atoms with Gasteiger partial charge < -0.3 is 9.64 Å². The molecule has 144 valence electrons. The van der Waals surface area contributed by atoms with Gasteiger partial charge in [-0.15, -0.1) is 0 Å². The number of piperidine rings is 1. The average Bonchev–Trinajstić information content (AvgIpc) is 3.19. The maximum absolute atomic E-state index is 12.8. The first-order valence-electron chi connectivity index (χ1n) is 9.56. The highest BCUT2D eigenvalue weighted by molar-refractivity contribution is 5.95. The van der Waals surface area contributed by atoms with Gasteiger partial charge in [-0.25, -0.2) is 0 Å². The van der Waals surface area contributed by atoms with E-state index in [1.807, 2.05) is 48.2 Å². The summed E-state index contributed by atoms with van der Waals surface area (Å²) in [5.74, 6) is 1.11. The van der Waals surface area contributed by atoms with Crippen LogP contribution in [0, 0.1) is 6.92 Å². The maximum Gasteiger partial charge on any atom is 0.257 e. The maximum atomic E-state index is 12.8. The van der Waals surface area contributed by atoms with Crippen molar-refractivity contribution < 1.29 is 9.53 Å². The van der Waals surface area contributed by atoms with Crippen LogP contribution < -0.4 is 4.74 Å². The fourth-order valence-corrected chi connectivity index (χ4v) is 3.74. The van der Waals surface area contributed by atoms with E-state index in [1.165, 1.54) is 0 Å². The molecule has 0 bridgehead atoms. The SMILES string of the molecule is COc1ccc(-c2cccc([C@H]3CCCN(C(=O)c4cn[nH]c4C)C3)n2)cc1. The molecule has 0 saturated carbocycles. The highest BCUT2D eigenvalue weighted by Gasteiger charge is 2.27. The van der Waals surface area contributed by atoms with E-state index in [9.17, 15) is 4.79 Å². The number of carbonyl (C=O) groups excluding carboxylic acids is 1. The normalized spacial score (nSPS) is 16.8. The number of amides is 1. The number of benzene rings is 1. The molecule has 1 atom stereocenters. The van der Waals surface area contributed by atoms with Crippen molar-refractivity contribution in [2.75, 3.05) is 20.2 Å². The standard InChI is InChI=1S/C22H24N4O2/c1-15-19(13-23-25-15)22(27)26-12-4-5-17(14-26)21-7-3-6-20(24-21)16-8-10-18(28-2)11-9-16/h3,6-11,13,17H,4-5,12,14H2,1-2H3,(H,23,25)/t17-/m0/s1. The second-order valence-electron chi connectivity index (χ2n) is 7.18. The molecule has 1 fully saturated rings. The molecule has 0 radical (unpaired) electrons. The van der Waals surface area contributed by atoms with Crippen LogP contribution in [0.2, 0.25) is 0 Å². The minimum absolute atomic E-state index is 0.0438. The first-order valence-corrected chi connectivity index (χ1v) is 9.56. The summed E-state index contributed by atoms with van der Waals surface area (Å²) >= 11 is 0. The van der Waals surface area contributed by atoms with Gasteiger partial charge in [-0.05, 0) is 56.2 Å². The molecule has 6 nitrogen and oxygen atoms in total. The summed E-state index contributed by atoms with van der Waals surface area (Å²) in [6.07, 6.45) is 3.62. The van der Waals surface area contributed by atoms with Crippen LogP contribution in [0.1, 0.15) is 40.5 Å². The van der Waals surface area contributed by atoms with E-state index in [0.29, 0.717) is 12.1 Å². The Hall–Kier alpha value is -3.15. The number of aromatic amines is 1. The first-order chi connectivity index (χ1) is 13.7. The van der Waals surface area contributed by atoms with Gasteiger partial charge in [0.1, 0.15) is 5.75 Å². The lowest BCUT2D eigenvalue weighted by Gasteiger charge is -2.32. The number of hydrogen-bond acceptors (Lipinski definition) is 4. The molecule has 2 aromatic heterocycles. The third-order valence-corrected chi connectivity index (χ3v) is 5.34.